The fourth-order valence-corrected chi connectivity index (χ4v) is 3.70. The summed E-state index contributed by atoms with van der Waals surface area (Å²) in [7, 11) is 0. The van der Waals surface area contributed by atoms with Crippen molar-refractivity contribution in [3.05, 3.63) is 65.5 Å². The molecule has 1 atom stereocenters. The standard InChI is InChI=1S/C20H24N4O/c25-20(22-14-17-13-16-5-1-2-7-19(16)17)24-11-9-23(10-12-24)15-18-6-3-4-8-21-18/h1-8,17H,9-15H2,(H,22,25). The lowest BCUT2D eigenvalue weighted by Gasteiger charge is -2.35. The molecule has 0 spiro atoms. The Morgan fingerprint density at radius 1 is 1.08 bits per heavy atom. The number of pyridine rings is 1. The molecule has 1 saturated heterocycles. The quantitative estimate of drug-likeness (QED) is 0.932. The first-order valence-corrected chi connectivity index (χ1v) is 9.02. The Kier molecular flexibility index (Phi) is 4.65. The zero-order chi connectivity index (χ0) is 17.1. The van der Waals surface area contributed by atoms with Gasteiger partial charge in [0.2, 0.25) is 0 Å². The van der Waals surface area contributed by atoms with Gasteiger partial charge in [0.15, 0.2) is 0 Å². The lowest BCUT2D eigenvalue weighted by Crippen LogP contribution is -2.52. The number of aromatic nitrogens is 1. The highest BCUT2D eigenvalue weighted by Gasteiger charge is 2.27. The van der Waals surface area contributed by atoms with E-state index in [1.165, 1.54) is 11.1 Å². The van der Waals surface area contributed by atoms with E-state index in [1.54, 1.807) is 0 Å². The summed E-state index contributed by atoms with van der Waals surface area (Å²) in [5.41, 5.74) is 3.90. The molecule has 2 amide bonds. The Morgan fingerprint density at radius 3 is 2.64 bits per heavy atom. The van der Waals surface area contributed by atoms with Gasteiger partial charge in [-0.05, 0) is 29.7 Å². The van der Waals surface area contributed by atoms with E-state index < -0.39 is 0 Å². The van der Waals surface area contributed by atoms with Crippen LogP contribution in [-0.2, 0) is 13.0 Å². The lowest BCUT2D eigenvalue weighted by atomic mass is 9.78. The van der Waals surface area contributed by atoms with E-state index in [4.69, 9.17) is 0 Å². The van der Waals surface area contributed by atoms with Gasteiger partial charge < -0.3 is 10.2 Å². The molecular formula is C20H24N4O. The molecule has 5 heteroatoms. The first-order chi connectivity index (χ1) is 12.3. The SMILES string of the molecule is O=C(NCC1Cc2ccccc21)N1CCN(Cc2ccccn2)CC1. The summed E-state index contributed by atoms with van der Waals surface area (Å²) in [5.74, 6) is 0.477. The maximum atomic E-state index is 12.4. The van der Waals surface area contributed by atoms with Crippen molar-refractivity contribution in [1.82, 2.24) is 20.1 Å². The molecular weight excluding hydrogens is 312 g/mol. The Labute approximate surface area is 148 Å². The molecule has 0 bridgehead atoms. The van der Waals surface area contributed by atoms with Gasteiger partial charge in [-0.25, -0.2) is 4.79 Å². The maximum Gasteiger partial charge on any atom is 0.317 e. The van der Waals surface area contributed by atoms with Crippen molar-refractivity contribution in [2.45, 2.75) is 18.9 Å². The normalized spacial score (nSPS) is 19.8. The Bertz CT molecular complexity index is 725. The number of benzene rings is 1. The lowest BCUT2D eigenvalue weighted by molar-refractivity contribution is 0.134. The van der Waals surface area contributed by atoms with Crippen molar-refractivity contribution in [3.8, 4) is 0 Å². The van der Waals surface area contributed by atoms with Crippen LogP contribution >= 0.6 is 0 Å². The Balaban J connectivity index is 1.21. The number of hydrogen-bond donors (Lipinski definition) is 1. The number of amides is 2. The number of carbonyl (C=O) groups is 1. The second-order valence-corrected chi connectivity index (χ2v) is 6.87. The van der Waals surface area contributed by atoms with Gasteiger partial charge in [-0.3, -0.25) is 9.88 Å². The molecule has 1 aliphatic carbocycles. The van der Waals surface area contributed by atoms with Gasteiger partial charge in [-0.2, -0.15) is 0 Å². The fourth-order valence-electron chi connectivity index (χ4n) is 3.70. The van der Waals surface area contributed by atoms with E-state index in [1.807, 2.05) is 23.2 Å². The van der Waals surface area contributed by atoms with Crippen LogP contribution in [0.1, 0.15) is 22.7 Å². The Hall–Kier alpha value is -2.40. The second-order valence-electron chi connectivity index (χ2n) is 6.87. The predicted molar refractivity (Wildman–Crippen MR) is 97.4 cm³/mol. The molecule has 1 N–H and O–H groups in total. The monoisotopic (exact) mass is 336 g/mol. The largest absolute Gasteiger partial charge is 0.337 e. The summed E-state index contributed by atoms with van der Waals surface area (Å²) in [6.07, 6.45) is 2.91. The zero-order valence-corrected chi connectivity index (χ0v) is 14.4. The summed E-state index contributed by atoms with van der Waals surface area (Å²) in [6, 6.07) is 14.6. The predicted octanol–water partition coefficient (Wildman–Crippen LogP) is 2.25. The van der Waals surface area contributed by atoms with Gasteiger partial charge >= 0.3 is 6.03 Å². The first-order valence-electron chi connectivity index (χ1n) is 9.02. The van der Waals surface area contributed by atoms with Gasteiger partial charge in [-0.15, -0.1) is 0 Å². The number of piperazine rings is 1. The highest BCUT2D eigenvalue weighted by molar-refractivity contribution is 5.74. The summed E-state index contributed by atoms with van der Waals surface area (Å²) in [5, 5.41) is 3.12. The molecule has 1 aromatic heterocycles. The van der Waals surface area contributed by atoms with Crippen LogP contribution in [0.3, 0.4) is 0 Å². The molecule has 1 unspecified atom stereocenters. The smallest absolute Gasteiger partial charge is 0.317 e. The van der Waals surface area contributed by atoms with Crippen molar-refractivity contribution in [2.75, 3.05) is 32.7 Å². The number of hydrogen-bond acceptors (Lipinski definition) is 3. The van der Waals surface area contributed by atoms with Crippen LogP contribution in [0.25, 0.3) is 0 Å². The van der Waals surface area contributed by atoms with Crippen molar-refractivity contribution in [2.24, 2.45) is 0 Å². The zero-order valence-electron chi connectivity index (χ0n) is 14.4. The van der Waals surface area contributed by atoms with Crippen LogP contribution in [0.2, 0.25) is 0 Å². The molecule has 130 valence electrons. The highest BCUT2D eigenvalue weighted by Crippen LogP contribution is 2.33. The maximum absolute atomic E-state index is 12.4. The summed E-state index contributed by atoms with van der Waals surface area (Å²) >= 11 is 0. The van der Waals surface area contributed by atoms with Crippen LogP contribution in [0.15, 0.2) is 48.7 Å². The number of carbonyl (C=O) groups excluding carboxylic acids is 1. The van der Waals surface area contributed by atoms with Gasteiger partial charge in [0.05, 0.1) is 5.69 Å². The van der Waals surface area contributed by atoms with E-state index in [-0.39, 0.29) is 6.03 Å². The number of fused-ring (bicyclic) bond motifs is 1. The minimum Gasteiger partial charge on any atom is -0.337 e. The minimum atomic E-state index is 0.0712. The molecule has 0 saturated carbocycles. The van der Waals surface area contributed by atoms with E-state index in [2.05, 4.69) is 45.5 Å². The van der Waals surface area contributed by atoms with Gasteiger partial charge in [-0.1, -0.05) is 30.3 Å². The molecule has 2 aromatic rings. The number of rotatable bonds is 4. The van der Waals surface area contributed by atoms with E-state index in [0.717, 1.165) is 51.4 Å². The number of urea groups is 1. The van der Waals surface area contributed by atoms with E-state index in [9.17, 15) is 4.79 Å². The number of nitrogens with zero attached hydrogens (tertiary/aromatic N) is 3. The van der Waals surface area contributed by atoms with Crippen LogP contribution in [0.4, 0.5) is 4.79 Å². The minimum absolute atomic E-state index is 0.0712. The van der Waals surface area contributed by atoms with Crippen molar-refractivity contribution >= 4 is 6.03 Å². The molecule has 2 aliphatic rings. The second kappa shape index (κ2) is 7.23. The molecule has 5 nitrogen and oxygen atoms in total. The van der Waals surface area contributed by atoms with Gasteiger partial charge in [0, 0.05) is 51.4 Å². The van der Waals surface area contributed by atoms with Crippen LogP contribution in [0, 0.1) is 0 Å². The molecule has 25 heavy (non-hydrogen) atoms. The van der Waals surface area contributed by atoms with Crippen molar-refractivity contribution in [3.63, 3.8) is 0 Å². The molecule has 4 rings (SSSR count). The van der Waals surface area contributed by atoms with Crippen LogP contribution in [-0.4, -0.2) is 53.5 Å². The van der Waals surface area contributed by atoms with Gasteiger partial charge in [0.1, 0.15) is 0 Å². The molecule has 1 aliphatic heterocycles. The van der Waals surface area contributed by atoms with Gasteiger partial charge in [0.25, 0.3) is 0 Å². The van der Waals surface area contributed by atoms with Crippen molar-refractivity contribution < 1.29 is 4.79 Å². The average Bonchev–Trinajstić information content (AvgIpc) is 2.64. The number of nitrogens with one attached hydrogen (secondary N) is 1. The van der Waals surface area contributed by atoms with Crippen molar-refractivity contribution in [1.29, 1.82) is 0 Å². The van der Waals surface area contributed by atoms with E-state index in [0.29, 0.717) is 5.92 Å². The third-order valence-corrected chi connectivity index (χ3v) is 5.23. The molecule has 1 fully saturated rings. The third kappa shape index (κ3) is 3.66. The molecule has 1 aromatic carbocycles. The molecule has 0 radical (unpaired) electrons. The summed E-state index contributed by atoms with van der Waals surface area (Å²) in [4.78, 5) is 21.1. The fraction of sp³-hybridized carbons (Fsp3) is 0.400. The molecule has 2 heterocycles. The summed E-state index contributed by atoms with van der Waals surface area (Å²) < 4.78 is 0. The highest BCUT2D eigenvalue weighted by atomic mass is 16.2. The summed E-state index contributed by atoms with van der Waals surface area (Å²) in [6.45, 7) is 4.95. The average molecular weight is 336 g/mol. The first kappa shape index (κ1) is 16.1. The Morgan fingerprint density at radius 2 is 1.88 bits per heavy atom. The third-order valence-electron chi connectivity index (χ3n) is 5.23. The van der Waals surface area contributed by atoms with E-state index >= 15 is 0 Å². The topological polar surface area (TPSA) is 48.5 Å². The van der Waals surface area contributed by atoms with Crippen LogP contribution in [0.5, 0.6) is 0 Å². The van der Waals surface area contributed by atoms with Crippen LogP contribution < -0.4 is 5.32 Å².